The summed E-state index contributed by atoms with van der Waals surface area (Å²) in [4.78, 5) is 21.9. The number of amides is 1. The van der Waals surface area contributed by atoms with Gasteiger partial charge >= 0.3 is 0 Å². The maximum atomic E-state index is 12.7. The van der Waals surface area contributed by atoms with Gasteiger partial charge in [0.2, 0.25) is 5.95 Å². The number of imidazole rings is 1. The normalized spacial score (nSPS) is 16.3. The van der Waals surface area contributed by atoms with Gasteiger partial charge in [0.15, 0.2) is 5.13 Å². The highest BCUT2D eigenvalue weighted by Gasteiger charge is 2.18. The van der Waals surface area contributed by atoms with E-state index in [1.165, 1.54) is 11.3 Å². The highest BCUT2D eigenvalue weighted by atomic mass is 35.5. The smallest absolute Gasteiger partial charge is 0.251 e. The lowest BCUT2D eigenvalue weighted by atomic mass is 10.1. The summed E-state index contributed by atoms with van der Waals surface area (Å²) >= 11 is 7.60. The van der Waals surface area contributed by atoms with Crippen molar-refractivity contribution in [1.29, 1.82) is 0 Å². The zero-order valence-electron chi connectivity index (χ0n) is 16.8. The van der Waals surface area contributed by atoms with E-state index in [9.17, 15) is 4.79 Å². The molecule has 1 amide bonds. The molecule has 5 rings (SSSR count). The van der Waals surface area contributed by atoms with Gasteiger partial charge in [0, 0.05) is 30.2 Å². The van der Waals surface area contributed by atoms with Gasteiger partial charge in [0.1, 0.15) is 0 Å². The number of piperidine rings is 1. The molecular formula is C21H22Cl2N6OS. The van der Waals surface area contributed by atoms with Gasteiger partial charge in [-0.25, -0.2) is 9.97 Å². The Balaban J connectivity index is 0.00000231. The lowest BCUT2D eigenvalue weighted by Gasteiger charge is -2.23. The number of fused-ring (bicyclic) bond motifs is 2. The van der Waals surface area contributed by atoms with Gasteiger partial charge in [0.05, 0.1) is 21.3 Å². The maximum Gasteiger partial charge on any atom is 0.251 e. The zero-order chi connectivity index (χ0) is 20.7. The fraction of sp³-hybridized carbons (Fsp3) is 0.286. The summed E-state index contributed by atoms with van der Waals surface area (Å²) in [6.45, 7) is 1.84. The Kier molecular flexibility index (Phi) is 6.34. The van der Waals surface area contributed by atoms with Gasteiger partial charge in [-0.1, -0.05) is 22.9 Å². The molecule has 0 bridgehead atoms. The van der Waals surface area contributed by atoms with Gasteiger partial charge in [-0.2, -0.15) is 0 Å². The number of carbonyl (C=O) groups is 1. The van der Waals surface area contributed by atoms with Crippen molar-refractivity contribution in [2.75, 3.05) is 18.4 Å². The summed E-state index contributed by atoms with van der Waals surface area (Å²) in [6, 6.07) is 11.4. The third kappa shape index (κ3) is 4.48. The van der Waals surface area contributed by atoms with Crippen LogP contribution in [-0.4, -0.2) is 39.6 Å². The van der Waals surface area contributed by atoms with Gasteiger partial charge in [-0.3, -0.25) is 4.79 Å². The lowest BCUT2D eigenvalue weighted by molar-refractivity contribution is 0.0931. The van der Waals surface area contributed by atoms with E-state index in [-0.39, 0.29) is 24.4 Å². The Bertz CT molecular complexity index is 1250. The summed E-state index contributed by atoms with van der Waals surface area (Å²) in [5.74, 6) is 0.609. The Morgan fingerprint density at radius 3 is 2.90 bits per heavy atom. The number of nitrogens with one attached hydrogen (secondary N) is 3. The van der Waals surface area contributed by atoms with E-state index in [1.54, 1.807) is 0 Å². The molecule has 4 aromatic rings. The number of aromatic nitrogens is 3. The molecule has 0 aliphatic carbocycles. The number of hydrogen-bond donors (Lipinski definition) is 3. The zero-order valence-corrected chi connectivity index (χ0v) is 19.2. The molecule has 3 N–H and O–H groups in total. The third-order valence-electron chi connectivity index (χ3n) is 5.34. The van der Waals surface area contributed by atoms with E-state index in [0.717, 1.165) is 52.3 Å². The number of nitrogens with zero attached hydrogens (tertiary/aromatic N) is 3. The van der Waals surface area contributed by atoms with Crippen molar-refractivity contribution >= 4 is 73.6 Å². The van der Waals surface area contributed by atoms with Crippen molar-refractivity contribution in [2.24, 2.45) is 7.05 Å². The average Bonchev–Trinajstić information content (AvgIpc) is 3.28. The molecule has 2 aromatic heterocycles. The third-order valence-corrected chi connectivity index (χ3v) is 6.51. The molecule has 3 heterocycles. The highest BCUT2D eigenvalue weighted by molar-refractivity contribution is 7.22. The molecule has 1 aliphatic rings. The summed E-state index contributed by atoms with van der Waals surface area (Å²) in [7, 11) is 1.94. The minimum absolute atomic E-state index is 0. The Labute approximate surface area is 194 Å². The molecule has 1 aliphatic heterocycles. The van der Waals surface area contributed by atoms with E-state index in [1.807, 2.05) is 48.0 Å². The molecule has 0 unspecified atom stereocenters. The minimum atomic E-state index is -0.0613. The SMILES string of the molecule is Cl.Cn1c(Nc2nc3ccc(Cl)cc3s2)nc2cc(C(=O)N[C@@H]3CCCNC3)ccc21. The summed E-state index contributed by atoms with van der Waals surface area (Å²) in [5.41, 5.74) is 3.21. The van der Waals surface area contributed by atoms with Crippen LogP contribution in [0.15, 0.2) is 36.4 Å². The molecule has 1 atom stereocenters. The molecule has 10 heteroatoms. The van der Waals surface area contributed by atoms with Gasteiger partial charge < -0.3 is 20.5 Å². The van der Waals surface area contributed by atoms with Gasteiger partial charge in [0.25, 0.3) is 5.91 Å². The number of carbonyl (C=O) groups excluding carboxylic acids is 1. The Morgan fingerprint density at radius 1 is 1.23 bits per heavy atom. The molecule has 7 nitrogen and oxygen atoms in total. The molecule has 0 radical (unpaired) electrons. The predicted octanol–water partition coefficient (Wildman–Crippen LogP) is 4.48. The Hall–Kier alpha value is -2.39. The van der Waals surface area contributed by atoms with Crippen molar-refractivity contribution < 1.29 is 4.79 Å². The van der Waals surface area contributed by atoms with Crippen molar-refractivity contribution in [3.63, 3.8) is 0 Å². The maximum absolute atomic E-state index is 12.7. The quantitative estimate of drug-likeness (QED) is 0.404. The topological polar surface area (TPSA) is 83.9 Å². The van der Waals surface area contributed by atoms with Crippen LogP contribution in [0.4, 0.5) is 11.1 Å². The first-order valence-corrected chi connectivity index (χ1v) is 11.1. The fourth-order valence-corrected chi connectivity index (χ4v) is 4.88. The van der Waals surface area contributed by atoms with E-state index >= 15 is 0 Å². The van der Waals surface area contributed by atoms with Crippen LogP contribution in [0.2, 0.25) is 5.02 Å². The second-order valence-electron chi connectivity index (χ2n) is 7.47. The number of aryl methyl sites for hydroxylation is 1. The van der Waals surface area contributed by atoms with Crippen molar-refractivity contribution in [3.05, 3.63) is 47.0 Å². The van der Waals surface area contributed by atoms with Crippen molar-refractivity contribution in [3.8, 4) is 0 Å². The highest BCUT2D eigenvalue weighted by Crippen LogP contribution is 2.31. The Morgan fingerprint density at radius 2 is 2.10 bits per heavy atom. The minimum Gasteiger partial charge on any atom is -0.348 e. The van der Waals surface area contributed by atoms with Crippen LogP contribution in [-0.2, 0) is 7.05 Å². The number of benzene rings is 2. The molecular weight excluding hydrogens is 455 g/mol. The number of anilines is 2. The van der Waals surface area contributed by atoms with Gasteiger partial charge in [-0.15, -0.1) is 12.4 Å². The monoisotopic (exact) mass is 476 g/mol. The lowest BCUT2D eigenvalue weighted by Crippen LogP contribution is -2.45. The van der Waals surface area contributed by atoms with Crippen molar-refractivity contribution in [1.82, 2.24) is 25.2 Å². The first-order valence-electron chi connectivity index (χ1n) is 9.88. The molecule has 0 spiro atoms. The first-order chi connectivity index (χ1) is 14.6. The first kappa shape index (κ1) is 21.8. The number of halogens is 2. The average molecular weight is 477 g/mol. The van der Waals surface area contributed by atoms with Crippen LogP contribution in [0.1, 0.15) is 23.2 Å². The molecule has 31 heavy (non-hydrogen) atoms. The predicted molar refractivity (Wildman–Crippen MR) is 129 cm³/mol. The molecule has 2 aromatic carbocycles. The van der Waals surface area contributed by atoms with Crippen LogP contribution in [0.3, 0.4) is 0 Å². The number of thiazole rings is 1. The van der Waals surface area contributed by atoms with Crippen molar-refractivity contribution in [2.45, 2.75) is 18.9 Å². The number of rotatable bonds is 4. The van der Waals surface area contributed by atoms with Crippen LogP contribution in [0.5, 0.6) is 0 Å². The fourth-order valence-electron chi connectivity index (χ4n) is 3.74. The van der Waals surface area contributed by atoms with Crippen LogP contribution < -0.4 is 16.0 Å². The van der Waals surface area contributed by atoms with Gasteiger partial charge in [-0.05, 0) is 55.8 Å². The molecule has 1 fully saturated rings. The molecule has 0 saturated carbocycles. The largest absolute Gasteiger partial charge is 0.348 e. The van der Waals surface area contributed by atoms with E-state index in [0.29, 0.717) is 16.5 Å². The second-order valence-corrected chi connectivity index (χ2v) is 8.94. The second kappa shape index (κ2) is 9.00. The summed E-state index contributed by atoms with van der Waals surface area (Å²) in [6.07, 6.45) is 2.09. The summed E-state index contributed by atoms with van der Waals surface area (Å²) < 4.78 is 2.97. The van der Waals surface area contributed by atoms with E-state index in [2.05, 4.69) is 25.9 Å². The van der Waals surface area contributed by atoms with Crippen LogP contribution in [0, 0.1) is 0 Å². The number of hydrogen-bond acceptors (Lipinski definition) is 6. The standard InChI is InChI=1S/C21H21ClN6OS.ClH/c1-28-17-7-4-12(19(29)24-14-3-2-8-23-11-14)9-16(17)25-20(28)27-21-26-15-6-5-13(22)10-18(15)30-21;/h4-7,9-10,14,23H,2-3,8,11H2,1H3,(H,24,29)(H,25,26,27);1H/t14-;/m1./s1. The molecule has 1 saturated heterocycles. The molecule has 162 valence electrons. The van der Waals surface area contributed by atoms with Crippen LogP contribution in [0.25, 0.3) is 21.3 Å². The summed E-state index contributed by atoms with van der Waals surface area (Å²) in [5, 5.41) is 11.2. The van der Waals surface area contributed by atoms with E-state index < -0.39 is 0 Å². The van der Waals surface area contributed by atoms with E-state index in [4.69, 9.17) is 11.6 Å². The van der Waals surface area contributed by atoms with Crippen LogP contribution >= 0.6 is 35.3 Å².